The minimum atomic E-state index is -2.25. The van der Waals surface area contributed by atoms with Crippen LogP contribution in [-0.4, -0.2) is 60.9 Å². The van der Waals surface area contributed by atoms with E-state index in [1.807, 2.05) is 19.0 Å². The number of rotatable bonds is 8. The molecule has 0 aliphatic carbocycles. The predicted octanol–water partition coefficient (Wildman–Crippen LogP) is 2.37. The molecular weight excluding hydrogens is 407 g/mol. The Bertz CT molecular complexity index is 789. The number of hydrogen-bond acceptors (Lipinski definition) is 6. The summed E-state index contributed by atoms with van der Waals surface area (Å²) in [6.45, 7) is 0.672. The van der Waals surface area contributed by atoms with E-state index in [0.29, 0.717) is 30.2 Å². The molecule has 2 N–H and O–H groups in total. The maximum Gasteiger partial charge on any atom is 0.345 e. The third-order valence-corrected chi connectivity index (χ3v) is 4.19. The summed E-state index contributed by atoms with van der Waals surface area (Å²) in [6.07, 6.45) is 2.09. The first-order valence-corrected chi connectivity index (χ1v) is 8.12. The number of likely N-dealkylation sites (N-methyl/N-ethyl adjacent to an activating group) is 1. The monoisotopic (exact) mass is 432 g/mol. The van der Waals surface area contributed by atoms with E-state index in [4.69, 9.17) is 9.47 Å². The third-order valence-electron chi connectivity index (χ3n) is 4.19. The summed E-state index contributed by atoms with van der Waals surface area (Å²) in [5.41, 5.74) is -1.32. The predicted molar refractivity (Wildman–Crippen MR) is 111 cm³/mol. The fourth-order valence-electron chi connectivity index (χ4n) is 2.75. The molecular formula is C19H26Cl2N2O5. The number of nitrogens with zero attached hydrogens (tertiary/aromatic N) is 2. The molecule has 0 aliphatic rings. The van der Waals surface area contributed by atoms with Crippen molar-refractivity contribution in [1.82, 2.24) is 9.88 Å². The number of aliphatic hydroxyl groups is 1. The van der Waals surface area contributed by atoms with Crippen molar-refractivity contribution in [2.45, 2.75) is 12.0 Å². The molecule has 156 valence electrons. The molecule has 1 aromatic carbocycles. The van der Waals surface area contributed by atoms with Gasteiger partial charge in [0.1, 0.15) is 0 Å². The Balaban J connectivity index is 0.00000364. The minimum absolute atomic E-state index is 0. The van der Waals surface area contributed by atoms with Crippen LogP contribution in [0.15, 0.2) is 36.5 Å². The van der Waals surface area contributed by atoms with Crippen molar-refractivity contribution >= 4 is 30.8 Å². The normalized spacial score (nSPS) is 12.4. The summed E-state index contributed by atoms with van der Waals surface area (Å²) in [4.78, 5) is 18.4. The average Bonchev–Trinajstić information content (AvgIpc) is 2.65. The number of carboxylic acid groups (broad SMARTS) is 1. The Hall–Kier alpha value is -2.06. The van der Waals surface area contributed by atoms with Crippen molar-refractivity contribution in [3.05, 3.63) is 53.3 Å². The van der Waals surface area contributed by atoms with Crippen LogP contribution < -0.4 is 9.47 Å². The van der Waals surface area contributed by atoms with Crippen molar-refractivity contribution < 1.29 is 24.5 Å². The van der Waals surface area contributed by atoms with E-state index in [-0.39, 0.29) is 35.9 Å². The van der Waals surface area contributed by atoms with Crippen molar-refractivity contribution in [3.63, 3.8) is 0 Å². The smallest absolute Gasteiger partial charge is 0.345 e. The number of benzene rings is 1. The fraction of sp³-hybridized carbons (Fsp3) is 0.368. The third kappa shape index (κ3) is 5.26. The fourth-order valence-corrected chi connectivity index (χ4v) is 2.75. The second-order valence-electron chi connectivity index (χ2n) is 6.14. The maximum atomic E-state index is 12.1. The van der Waals surface area contributed by atoms with Gasteiger partial charge in [-0.3, -0.25) is 4.98 Å². The SMILES string of the molecule is COc1ccc(C(O)(C(=O)O)c2cccnc2CCN(C)C)cc1OC.Cl.Cl. The van der Waals surface area contributed by atoms with Gasteiger partial charge in [0.25, 0.3) is 0 Å². The van der Waals surface area contributed by atoms with Crippen LogP contribution in [0.2, 0.25) is 0 Å². The van der Waals surface area contributed by atoms with Crippen molar-refractivity contribution in [2.24, 2.45) is 0 Å². The summed E-state index contributed by atoms with van der Waals surface area (Å²) in [6, 6.07) is 7.75. The van der Waals surface area contributed by atoms with Crippen LogP contribution in [0.25, 0.3) is 0 Å². The van der Waals surface area contributed by atoms with Gasteiger partial charge in [0.15, 0.2) is 11.5 Å². The molecule has 0 spiro atoms. The lowest BCUT2D eigenvalue weighted by Crippen LogP contribution is -2.38. The van der Waals surface area contributed by atoms with E-state index in [1.165, 1.54) is 26.4 Å². The quantitative estimate of drug-likeness (QED) is 0.661. The van der Waals surface area contributed by atoms with Crippen LogP contribution in [-0.2, 0) is 16.8 Å². The highest BCUT2D eigenvalue weighted by atomic mass is 35.5. The molecule has 0 amide bonds. The zero-order valence-corrected chi connectivity index (χ0v) is 17.8. The summed E-state index contributed by atoms with van der Waals surface area (Å²) in [7, 11) is 6.77. The summed E-state index contributed by atoms with van der Waals surface area (Å²) >= 11 is 0. The standard InChI is InChI=1S/C19H24N2O5.2ClH/c1-21(2)11-9-15-14(6-5-10-20-15)19(24,18(22)23)13-7-8-16(25-3)17(12-13)26-4;;/h5-8,10,12,24H,9,11H2,1-4H3,(H,22,23);2*1H. The number of aliphatic carboxylic acids is 1. The van der Waals surface area contributed by atoms with Crippen LogP contribution >= 0.6 is 24.8 Å². The van der Waals surface area contributed by atoms with Crippen LogP contribution in [0.1, 0.15) is 16.8 Å². The number of methoxy groups -OCH3 is 2. The molecule has 0 saturated heterocycles. The molecule has 1 atom stereocenters. The number of hydrogen-bond donors (Lipinski definition) is 2. The molecule has 0 saturated carbocycles. The summed E-state index contributed by atoms with van der Waals surface area (Å²) in [5.74, 6) is -0.602. The van der Waals surface area contributed by atoms with Crippen molar-refractivity contribution in [2.75, 3.05) is 34.9 Å². The summed E-state index contributed by atoms with van der Waals surface area (Å²) in [5, 5.41) is 21.1. The van der Waals surface area contributed by atoms with Crippen molar-refractivity contribution in [1.29, 1.82) is 0 Å². The number of carboxylic acids is 1. The lowest BCUT2D eigenvalue weighted by Gasteiger charge is -2.27. The molecule has 1 unspecified atom stereocenters. The Morgan fingerprint density at radius 2 is 1.79 bits per heavy atom. The van der Waals surface area contributed by atoms with E-state index >= 15 is 0 Å². The Labute approximate surface area is 177 Å². The van der Waals surface area contributed by atoms with Gasteiger partial charge in [-0.15, -0.1) is 24.8 Å². The number of aromatic nitrogens is 1. The highest BCUT2D eigenvalue weighted by molar-refractivity contribution is 5.86. The molecule has 0 bridgehead atoms. The molecule has 0 radical (unpaired) electrons. The maximum absolute atomic E-state index is 12.1. The molecule has 1 aromatic heterocycles. The second kappa shape index (κ2) is 11.1. The lowest BCUT2D eigenvalue weighted by atomic mass is 9.84. The number of pyridine rings is 1. The molecule has 9 heteroatoms. The van der Waals surface area contributed by atoms with Gasteiger partial charge >= 0.3 is 5.97 Å². The van der Waals surface area contributed by atoms with Gasteiger partial charge in [0.05, 0.1) is 14.2 Å². The number of ether oxygens (including phenoxy) is 2. The van der Waals surface area contributed by atoms with Gasteiger partial charge in [-0.1, -0.05) is 12.1 Å². The van der Waals surface area contributed by atoms with E-state index in [2.05, 4.69) is 4.98 Å². The van der Waals surface area contributed by atoms with Gasteiger partial charge in [-0.2, -0.15) is 0 Å². The number of halogens is 2. The van der Waals surface area contributed by atoms with E-state index in [0.717, 1.165) is 0 Å². The Morgan fingerprint density at radius 3 is 2.32 bits per heavy atom. The van der Waals surface area contributed by atoms with E-state index < -0.39 is 11.6 Å². The number of carbonyl (C=O) groups is 1. The van der Waals surface area contributed by atoms with Crippen LogP contribution in [0.3, 0.4) is 0 Å². The molecule has 0 aliphatic heterocycles. The Kier molecular flexibility index (Phi) is 10.3. The van der Waals surface area contributed by atoms with Gasteiger partial charge in [0.2, 0.25) is 5.60 Å². The van der Waals surface area contributed by atoms with Crippen molar-refractivity contribution in [3.8, 4) is 11.5 Å². The van der Waals surface area contributed by atoms with Crippen LogP contribution in [0.4, 0.5) is 0 Å². The highest BCUT2D eigenvalue weighted by Crippen LogP contribution is 2.37. The molecule has 0 fully saturated rings. The molecule has 2 rings (SSSR count). The van der Waals surface area contributed by atoms with Gasteiger partial charge in [-0.05, 0) is 32.3 Å². The van der Waals surface area contributed by atoms with Gasteiger partial charge < -0.3 is 24.6 Å². The first kappa shape index (κ1) is 25.9. The average molecular weight is 433 g/mol. The first-order chi connectivity index (χ1) is 12.3. The topological polar surface area (TPSA) is 92.1 Å². The van der Waals surface area contributed by atoms with E-state index in [9.17, 15) is 15.0 Å². The minimum Gasteiger partial charge on any atom is -0.493 e. The van der Waals surface area contributed by atoms with Crippen LogP contribution in [0.5, 0.6) is 11.5 Å². The zero-order chi connectivity index (χ0) is 19.3. The van der Waals surface area contributed by atoms with Crippen LogP contribution in [0, 0.1) is 0 Å². The highest BCUT2D eigenvalue weighted by Gasteiger charge is 2.42. The molecule has 1 heterocycles. The molecule has 7 nitrogen and oxygen atoms in total. The van der Waals surface area contributed by atoms with Gasteiger partial charge in [-0.25, -0.2) is 4.79 Å². The van der Waals surface area contributed by atoms with Gasteiger partial charge in [0, 0.05) is 36.0 Å². The van der Waals surface area contributed by atoms with E-state index in [1.54, 1.807) is 24.4 Å². The Morgan fingerprint density at radius 1 is 1.14 bits per heavy atom. The lowest BCUT2D eigenvalue weighted by molar-refractivity contribution is -0.155. The second-order valence-corrected chi connectivity index (χ2v) is 6.14. The molecule has 2 aromatic rings. The molecule has 28 heavy (non-hydrogen) atoms. The summed E-state index contributed by atoms with van der Waals surface area (Å²) < 4.78 is 10.4. The first-order valence-electron chi connectivity index (χ1n) is 8.12. The zero-order valence-electron chi connectivity index (χ0n) is 16.2. The largest absolute Gasteiger partial charge is 0.493 e.